The Kier molecular flexibility index (Phi) is 11.1. The lowest BCUT2D eigenvalue weighted by atomic mass is 10.00. The molecule has 3 aromatic rings. The number of carbonyl (C=O) groups excluding carboxylic acids is 3. The van der Waals surface area contributed by atoms with Crippen LogP contribution >= 0.6 is 0 Å². The summed E-state index contributed by atoms with van der Waals surface area (Å²) in [4.78, 5) is 46.6. The van der Waals surface area contributed by atoms with Crippen molar-refractivity contribution in [2.45, 2.75) is 84.4 Å². The van der Waals surface area contributed by atoms with Crippen LogP contribution in [0, 0.1) is 0 Å². The largest absolute Gasteiger partial charge is 0.465 e. The van der Waals surface area contributed by atoms with Gasteiger partial charge in [-0.2, -0.15) is 0 Å². The molecule has 1 aromatic heterocycles. The molecular weight excluding hydrogens is 554 g/mol. The molecule has 2 heterocycles. The van der Waals surface area contributed by atoms with Crippen molar-refractivity contribution in [1.82, 2.24) is 14.8 Å². The monoisotopic (exact) mass is 599 g/mol. The molecule has 0 N–H and O–H groups in total. The molecule has 0 saturated carbocycles. The first-order valence-electron chi connectivity index (χ1n) is 15.6. The van der Waals surface area contributed by atoms with Crippen LogP contribution in [0.15, 0.2) is 66.9 Å². The Hall–Kier alpha value is -4.20. The molecule has 44 heavy (non-hydrogen) atoms. The average molecular weight is 600 g/mol. The number of piperidine rings is 1. The van der Waals surface area contributed by atoms with Gasteiger partial charge in [0.15, 0.2) is 0 Å². The van der Waals surface area contributed by atoms with Crippen molar-refractivity contribution >= 4 is 18.0 Å². The van der Waals surface area contributed by atoms with Gasteiger partial charge >= 0.3 is 12.1 Å². The van der Waals surface area contributed by atoms with E-state index in [1.165, 1.54) is 13.5 Å². The number of carbonyl (C=O) groups is 3. The predicted octanol–water partition coefficient (Wildman–Crippen LogP) is 7.31. The molecule has 0 atom stereocenters. The maximum atomic E-state index is 13.9. The maximum Gasteiger partial charge on any atom is 0.410 e. The molecule has 1 fully saturated rings. The van der Waals surface area contributed by atoms with Crippen LogP contribution in [0.1, 0.15) is 91.8 Å². The third-order valence-corrected chi connectivity index (χ3v) is 7.88. The number of nitrogens with zero attached hydrogens (tertiary/aromatic N) is 3. The van der Waals surface area contributed by atoms with Crippen LogP contribution in [-0.4, -0.2) is 64.6 Å². The number of hydrogen-bond acceptors (Lipinski definition) is 6. The van der Waals surface area contributed by atoms with Crippen LogP contribution in [-0.2, 0) is 22.4 Å². The van der Waals surface area contributed by atoms with Gasteiger partial charge in [0.1, 0.15) is 11.3 Å². The van der Waals surface area contributed by atoms with Gasteiger partial charge in [0, 0.05) is 31.9 Å². The number of benzene rings is 2. The summed E-state index contributed by atoms with van der Waals surface area (Å²) in [6.07, 6.45) is 7.23. The number of hydrogen-bond donors (Lipinski definition) is 0. The van der Waals surface area contributed by atoms with E-state index in [9.17, 15) is 14.4 Å². The van der Waals surface area contributed by atoms with Gasteiger partial charge in [0.2, 0.25) is 0 Å². The summed E-state index contributed by atoms with van der Waals surface area (Å²) in [6, 6.07) is 19.2. The number of unbranched alkanes of at least 4 members (excludes halogenated alkanes) is 2. The molecule has 1 aliphatic rings. The number of likely N-dealkylation sites (tertiary alicyclic amines) is 1. The first-order valence-corrected chi connectivity index (χ1v) is 15.6. The second-order valence-corrected chi connectivity index (χ2v) is 12.4. The molecule has 0 spiro atoms. The molecule has 234 valence electrons. The molecule has 2 aromatic carbocycles. The van der Waals surface area contributed by atoms with Crippen molar-refractivity contribution in [2.24, 2.45) is 0 Å². The number of esters is 1. The highest BCUT2D eigenvalue weighted by atomic mass is 16.6. The predicted molar refractivity (Wildman–Crippen MR) is 171 cm³/mol. The summed E-state index contributed by atoms with van der Waals surface area (Å²) < 4.78 is 10.4. The van der Waals surface area contributed by atoms with Gasteiger partial charge in [-0.15, -0.1) is 0 Å². The van der Waals surface area contributed by atoms with Crippen molar-refractivity contribution in [2.75, 3.05) is 20.2 Å². The minimum Gasteiger partial charge on any atom is -0.465 e. The second-order valence-electron chi connectivity index (χ2n) is 12.4. The van der Waals surface area contributed by atoms with Crippen LogP contribution in [0.5, 0.6) is 0 Å². The van der Waals surface area contributed by atoms with Crippen molar-refractivity contribution in [3.8, 4) is 11.1 Å². The number of ether oxygens (including phenoxy) is 2. The normalized spacial score (nSPS) is 13.8. The molecule has 8 nitrogen and oxygen atoms in total. The molecule has 0 unspecified atom stereocenters. The second kappa shape index (κ2) is 15.0. The lowest BCUT2D eigenvalue weighted by Gasteiger charge is -2.39. The summed E-state index contributed by atoms with van der Waals surface area (Å²) in [5, 5.41) is 0. The molecule has 0 aliphatic carbocycles. The van der Waals surface area contributed by atoms with Crippen LogP contribution in [0.4, 0.5) is 4.79 Å². The number of aromatic nitrogens is 1. The van der Waals surface area contributed by atoms with Crippen molar-refractivity contribution in [3.63, 3.8) is 0 Å². The average Bonchev–Trinajstić information content (AvgIpc) is 3.03. The summed E-state index contributed by atoms with van der Waals surface area (Å²) >= 11 is 0. The van der Waals surface area contributed by atoms with E-state index in [0.29, 0.717) is 43.7 Å². The molecular formula is C36H45N3O5. The topological polar surface area (TPSA) is 89.0 Å². The number of rotatable bonds is 10. The lowest BCUT2D eigenvalue weighted by Crippen LogP contribution is -2.49. The number of methoxy groups -OCH3 is 1. The molecule has 2 amide bonds. The van der Waals surface area contributed by atoms with E-state index in [-0.39, 0.29) is 24.0 Å². The number of aryl methyl sites for hydroxylation is 1. The molecule has 4 rings (SSSR count). The van der Waals surface area contributed by atoms with Gasteiger partial charge in [0.25, 0.3) is 5.91 Å². The zero-order valence-electron chi connectivity index (χ0n) is 26.7. The Labute approximate surface area is 261 Å². The SMILES string of the molecule is CCCCCc1ccc(C(=O)N(Cc2ccc(-c3ccc(C(=O)OC)cc3)cc2)C2CCN(C(=O)OC(C)(C)C)CC2)nc1. The molecule has 0 bridgehead atoms. The van der Waals surface area contributed by atoms with Crippen molar-refractivity contribution in [1.29, 1.82) is 0 Å². The molecule has 8 heteroatoms. The number of pyridine rings is 1. The summed E-state index contributed by atoms with van der Waals surface area (Å²) in [5.74, 6) is -0.475. The molecule has 1 saturated heterocycles. The fourth-order valence-corrected chi connectivity index (χ4v) is 5.39. The van der Waals surface area contributed by atoms with Crippen molar-refractivity contribution < 1.29 is 23.9 Å². The molecule has 1 aliphatic heterocycles. The van der Waals surface area contributed by atoms with Gasteiger partial charge < -0.3 is 19.3 Å². The van der Waals surface area contributed by atoms with E-state index in [2.05, 4.69) is 11.9 Å². The van der Waals surface area contributed by atoms with E-state index in [1.807, 2.05) is 80.4 Å². The highest BCUT2D eigenvalue weighted by molar-refractivity contribution is 5.92. The third-order valence-electron chi connectivity index (χ3n) is 7.88. The lowest BCUT2D eigenvalue weighted by molar-refractivity contribution is 0.0141. The van der Waals surface area contributed by atoms with Crippen LogP contribution < -0.4 is 0 Å². The maximum absolute atomic E-state index is 13.9. The smallest absolute Gasteiger partial charge is 0.410 e. The highest BCUT2D eigenvalue weighted by Gasteiger charge is 2.32. The van der Waals surface area contributed by atoms with Gasteiger partial charge in [-0.25, -0.2) is 9.59 Å². The zero-order valence-corrected chi connectivity index (χ0v) is 26.7. The Bertz CT molecular complexity index is 1390. The van der Waals surface area contributed by atoms with Gasteiger partial charge in [-0.3, -0.25) is 9.78 Å². The third kappa shape index (κ3) is 8.91. The summed E-state index contributed by atoms with van der Waals surface area (Å²) in [5.41, 5.74) is 4.51. The standard InChI is InChI=1S/C36H45N3O5/c1-6-7-8-9-26-12-19-32(37-24-26)33(40)39(31-20-22-38(23-21-31)35(42)44-36(2,3)4)25-27-10-13-28(14-11-27)29-15-17-30(18-16-29)34(41)43-5/h10-19,24,31H,6-9,20-23,25H2,1-5H3. The quantitative estimate of drug-likeness (QED) is 0.179. The highest BCUT2D eigenvalue weighted by Crippen LogP contribution is 2.25. The van der Waals surface area contributed by atoms with Crippen LogP contribution in [0.3, 0.4) is 0 Å². The first-order chi connectivity index (χ1) is 21.1. The minimum absolute atomic E-state index is 0.0437. The summed E-state index contributed by atoms with van der Waals surface area (Å²) in [7, 11) is 1.37. The van der Waals surface area contributed by atoms with Gasteiger partial charge in [-0.1, -0.05) is 62.2 Å². The van der Waals surface area contributed by atoms with Crippen LogP contribution in [0.25, 0.3) is 11.1 Å². The zero-order chi connectivity index (χ0) is 31.7. The Morgan fingerprint density at radius 3 is 2.05 bits per heavy atom. The number of amides is 2. The van der Waals surface area contributed by atoms with E-state index >= 15 is 0 Å². The van der Waals surface area contributed by atoms with E-state index in [1.54, 1.807) is 17.0 Å². The fourth-order valence-electron chi connectivity index (χ4n) is 5.39. The van der Waals surface area contributed by atoms with Gasteiger partial charge in [0.05, 0.1) is 12.7 Å². The Morgan fingerprint density at radius 1 is 0.886 bits per heavy atom. The van der Waals surface area contributed by atoms with E-state index < -0.39 is 5.60 Å². The van der Waals surface area contributed by atoms with E-state index in [4.69, 9.17) is 9.47 Å². The summed E-state index contributed by atoms with van der Waals surface area (Å²) in [6.45, 7) is 9.25. The van der Waals surface area contributed by atoms with Crippen molar-refractivity contribution in [3.05, 3.63) is 89.2 Å². The first kappa shape index (κ1) is 32.7. The molecule has 0 radical (unpaired) electrons. The van der Waals surface area contributed by atoms with Gasteiger partial charge in [-0.05, 0) is 86.9 Å². The Morgan fingerprint density at radius 2 is 1.50 bits per heavy atom. The fraction of sp³-hybridized carbons (Fsp3) is 0.444. The Balaban J connectivity index is 1.50. The van der Waals surface area contributed by atoms with Crippen LogP contribution in [0.2, 0.25) is 0 Å². The minimum atomic E-state index is -0.556. The van der Waals surface area contributed by atoms with E-state index in [0.717, 1.165) is 41.5 Å².